The minimum atomic E-state index is -1.04. The monoisotopic (exact) mass is 552 g/mol. The van der Waals surface area contributed by atoms with Crippen LogP contribution in [0.25, 0.3) is 6.08 Å². The molecule has 40 heavy (non-hydrogen) atoms. The third-order valence-electron chi connectivity index (χ3n) is 6.95. The van der Waals surface area contributed by atoms with Gasteiger partial charge in [0.15, 0.2) is 5.96 Å². The summed E-state index contributed by atoms with van der Waals surface area (Å²) in [5, 5.41) is 21.9. The molecule has 0 aliphatic rings. The fourth-order valence-corrected chi connectivity index (χ4v) is 4.74. The topological polar surface area (TPSA) is 176 Å². The van der Waals surface area contributed by atoms with Crippen LogP contribution in [0.5, 0.6) is 0 Å². The van der Waals surface area contributed by atoms with Crippen LogP contribution in [0, 0.1) is 5.92 Å². The van der Waals surface area contributed by atoms with Crippen molar-refractivity contribution >= 4 is 23.8 Å². The molecule has 3 atom stereocenters. The van der Waals surface area contributed by atoms with Gasteiger partial charge in [-0.1, -0.05) is 68.2 Å². The number of allylic oxidation sites excluding steroid dienone is 1. The second-order valence-corrected chi connectivity index (χ2v) is 10.3. The molecule has 0 radical (unpaired) electrons. The fourth-order valence-electron chi connectivity index (χ4n) is 4.74. The number of hydrogen-bond acceptors (Lipinski definition) is 5. The van der Waals surface area contributed by atoms with Gasteiger partial charge in [-0.15, -0.1) is 0 Å². The lowest BCUT2D eigenvalue weighted by Gasteiger charge is -2.24. The Morgan fingerprint density at radius 2 is 1.70 bits per heavy atom. The molecule has 0 saturated heterocycles. The van der Waals surface area contributed by atoms with E-state index >= 15 is 0 Å². The molecule has 2 rings (SSSR count). The Morgan fingerprint density at radius 3 is 2.38 bits per heavy atom. The van der Waals surface area contributed by atoms with Crippen LogP contribution in [0.15, 0.2) is 71.4 Å². The number of nitrogens with zero attached hydrogens (tertiary/aromatic N) is 1. The zero-order valence-corrected chi connectivity index (χ0v) is 23.6. The number of H-pyrrole nitrogens is 1. The van der Waals surface area contributed by atoms with Gasteiger partial charge in [-0.25, -0.2) is 9.79 Å². The maximum Gasteiger partial charge on any atom is 0.328 e. The van der Waals surface area contributed by atoms with Crippen LogP contribution in [0.1, 0.15) is 69.8 Å². The predicted molar refractivity (Wildman–Crippen MR) is 165 cm³/mol. The molecule has 10 N–H and O–H groups in total. The van der Waals surface area contributed by atoms with E-state index in [1.54, 1.807) is 0 Å². The molecule has 0 spiro atoms. The Kier molecular flexibility index (Phi) is 15.9. The Balaban J connectivity index is 2.09. The van der Waals surface area contributed by atoms with E-state index in [-0.39, 0.29) is 31.2 Å². The average Bonchev–Trinajstić information content (AvgIpc) is 3.45. The number of aliphatic carboxylic acids is 1. The number of guanidine groups is 1. The van der Waals surface area contributed by atoms with Crippen LogP contribution in [0.2, 0.25) is 0 Å². The van der Waals surface area contributed by atoms with Crippen LogP contribution in [0.4, 0.5) is 5.82 Å². The number of carboxylic acid groups (broad SMARTS) is 1. The third kappa shape index (κ3) is 14.6. The smallest absolute Gasteiger partial charge is 0.328 e. The van der Waals surface area contributed by atoms with E-state index in [4.69, 9.17) is 22.3 Å². The van der Waals surface area contributed by atoms with E-state index in [2.05, 4.69) is 39.6 Å². The van der Waals surface area contributed by atoms with Gasteiger partial charge < -0.3 is 37.7 Å². The van der Waals surface area contributed by atoms with Gasteiger partial charge in [-0.05, 0) is 67.7 Å². The first kappa shape index (κ1) is 32.7. The van der Waals surface area contributed by atoms with Gasteiger partial charge in [0.05, 0.1) is 12.6 Å². The third-order valence-corrected chi connectivity index (χ3v) is 6.95. The van der Waals surface area contributed by atoms with Crippen LogP contribution in [-0.4, -0.2) is 52.4 Å². The lowest BCUT2D eigenvalue weighted by atomic mass is 9.90. The molecule has 1 aromatic carbocycles. The minimum Gasteiger partial charge on any atom is -0.478 e. The van der Waals surface area contributed by atoms with E-state index in [9.17, 15) is 9.90 Å². The van der Waals surface area contributed by atoms with Crippen molar-refractivity contribution in [1.82, 2.24) is 4.98 Å². The molecule has 1 aromatic heterocycles. The Morgan fingerprint density at radius 1 is 0.950 bits per heavy atom. The van der Waals surface area contributed by atoms with Gasteiger partial charge in [0, 0.05) is 24.9 Å². The van der Waals surface area contributed by atoms with Crippen LogP contribution in [-0.2, 0) is 4.79 Å². The first-order valence-electron chi connectivity index (χ1n) is 14.4. The lowest BCUT2D eigenvalue weighted by Crippen LogP contribution is -2.28. The molecule has 9 nitrogen and oxygen atoms in total. The summed E-state index contributed by atoms with van der Waals surface area (Å²) in [6, 6.07) is 13.9. The number of aliphatic hydroxyl groups excluding tert-OH is 1. The standard InChI is InChI=1S/C31H48N6O3/c32-27(13-6-1-2-7-21-38)14-8-12-25(17-16-24-10-4-3-5-11-24)18-19-28(37-29-15-9-20-35-29)26(22-30(39)40)23-36-31(33)34/h3-5,9-11,15-17,20,22,25,27-28,35,37-38H,1-2,6-8,12-14,18-19,21,23,32H2,(H,39,40)(H4,33,34,36)/b17-16+,26-22+/t25-,27-,28-/m1/s1. The van der Waals surface area contributed by atoms with Crippen LogP contribution < -0.4 is 22.5 Å². The zero-order chi connectivity index (χ0) is 29.0. The quantitative estimate of drug-likeness (QED) is 0.0511. The zero-order valence-electron chi connectivity index (χ0n) is 23.6. The number of carbonyl (C=O) groups is 1. The highest BCUT2D eigenvalue weighted by atomic mass is 16.4. The number of aromatic amines is 1. The number of benzene rings is 1. The normalized spacial score (nSPS) is 14.1. The molecule has 0 aliphatic heterocycles. The summed E-state index contributed by atoms with van der Waals surface area (Å²) in [5.41, 5.74) is 19.3. The Hall–Kier alpha value is -3.56. The predicted octanol–water partition coefficient (Wildman–Crippen LogP) is 4.63. The fraction of sp³-hybridized carbons (Fsp3) is 0.484. The van der Waals surface area contributed by atoms with Gasteiger partial charge >= 0.3 is 5.97 Å². The number of nitrogens with one attached hydrogen (secondary N) is 2. The summed E-state index contributed by atoms with van der Waals surface area (Å²) in [5.74, 6) is -0.0281. The van der Waals surface area contributed by atoms with Crippen molar-refractivity contribution in [3.63, 3.8) is 0 Å². The summed E-state index contributed by atoms with van der Waals surface area (Å²) >= 11 is 0. The van der Waals surface area contributed by atoms with E-state index < -0.39 is 5.97 Å². The number of nitrogens with two attached hydrogens (primary N) is 3. The van der Waals surface area contributed by atoms with Crippen molar-refractivity contribution < 1.29 is 15.0 Å². The van der Waals surface area contributed by atoms with Gasteiger partial charge in [0.2, 0.25) is 0 Å². The summed E-state index contributed by atoms with van der Waals surface area (Å²) in [4.78, 5) is 18.9. The van der Waals surface area contributed by atoms with E-state index in [0.29, 0.717) is 17.9 Å². The summed E-state index contributed by atoms with van der Waals surface area (Å²) in [7, 11) is 0. The van der Waals surface area contributed by atoms with E-state index in [0.717, 1.165) is 69.2 Å². The lowest BCUT2D eigenvalue weighted by molar-refractivity contribution is -0.131. The van der Waals surface area contributed by atoms with Gasteiger partial charge in [0.25, 0.3) is 0 Å². The van der Waals surface area contributed by atoms with Gasteiger partial charge in [0.1, 0.15) is 5.82 Å². The number of aromatic nitrogens is 1. The van der Waals surface area contributed by atoms with Gasteiger partial charge in [-0.2, -0.15) is 0 Å². The highest BCUT2D eigenvalue weighted by Crippen LogP contribution is 2.24. The molecule has 0 aliphatic carbocycles. The maximum atomic E-state index is 11.6. The van der Waals surface area contributed by atoms with E-state index in [1.807, 2.05) is 36.5 Å². The average molecular weight is 553 g/mol. The molecule has 220 valence electrons. The highest BCUT2D eigenvalue weighted by Gasteiger charge is 2.19. The molecule has 0 amide bonds. The molecule has 0 saturated carbocycles. The first-order valence-corrected chi connectivity index (χ1v) is 14.4. The Labute approximate surface area is 238 Å². The maximum absolute atomic E-state index is 11.6. The van der Waals surface area contributed by atoms with Crippen molar-refractivity contribution in [2.75, 3.05) is 18.5 Å². The number of rotatable bonds is 21. The molecule has 2 aromatic rings. The van der Waals surface area contributed by atoms with Crippen molar-refractivity contribution in [2.45, 2.75) is 76.3 Å². The summed E-state index contributed by atoms with van der Waals surface area (Å²) in [6.07, 6.45) is 17.1. The van der Waals surface area contributed by atoms with Crippen LogP contribution in [0.3, 0.4) is 0 Å². The highest BCUT2D eigenvalue weighted by molar-refractivity contribution is 5.81. The first-order chi connectivity index (χ1) is 19.4. The van der Waals surface area contributed by atoms with Crippen molar-refractivity contribution in [1.29, 1.82) is 0 Å². The molecular formula is C31H48N6O3. The number of unbranched alkanes of at least 4 members (excludes halogenated alkanes) is 3. The molecule has 1 heterocycles. The van der Waals surface area contributed by atoms with Crippen molar-refractivity contribution in [3.8, 4) is 0 Å². The largest absolute Gasteiger partial charge is 0.478 e. The summed E-state index contributed by atoms with van der Waals surface area (Å²) in [6.45, 7) is 0.359. The molecular weight excluding hydrogens is 504 g/mol. The van der Waals surface area contributed by atoms with Crippen molar-refractivity contribution in [2.24, 2.45) is 28.1 Å². The second-order valence-electron chi connectivity index (χ2n) is 10.3. The number of hydrogen-bond donors (Lipinski definition) is 7. The molecule has 0 bridgehead atoms. The SMILES string of the molecule is NC(N)=NC/C(=C\C(=O)O)[C@@H](CC[C@@H](/C=C/c1ccccc1)CCC[C@H](N)CCCCCCO)Nc1ccc[nH]1. The second kappa shape index (κ2) is 19.5. The number of carboxylic acids is 1. The summed E-state index contributed by atoms with van der Waals surface area (Å²) < 4.78 is 0. The number of aliphatic hydroxyl groups is 1. The van der Waals surface area contributed by atoms with E-state index in [1.165, 1.54) is 6.08 Å². The minimum absolute atomic E-state index is 0.0803. The van der Waals surface area contributed by atoms with Crippen molar-refractivity contribution in [3.05, 3.63) is 72.0 Å². The van der Waals surface area contributed by atoms with Crippen LogP contribution >= 0.6 is 0 Å². The van der Waals surface area contributed by atoms with Gasteiger partial charge in [-0.3, -0.25) is 0 Å². The molecule has 0 fully saturated rings. The number of aliphatic imine (C=N–C) groups is 1. The number of anilines is 1. The Bertz CT molecular complexity index is 1030. The molecule has 0 unspecified atom stereocenters. The molecule has 9 heteroatoms.